The molecular formula is C7H16N2O3S. The molecule has 0 aromatic heterocycles. The number of nitrogens with zero attached hydrogens (tertiary/aromatic N) is 1. The second-order valence-electron chi connectivity index (χ2n) is 3.43. The topological polar surface area (TPSA) is 72.6 Å². The minimum Gasteiger partial charge on any atom is -0.364 e. The molecule has 2 N–H and O–H groups in total. The van der Waals surface area contributed by atoms with Gasteiger partial charge >= 0.3 is 0 Å². The van der Waals surface area contributed by atoms with E-state index in [0.717, 1.165) is 0 Å². The largest absolute Gasteiger partial charge is 0.364 e. The first-order valence-corrected chi connectivity index (χ1v) is 6.01. The van der Waals surface area contributed by atoms with Crippen molar-refractivity contribution in [1.82, 2.24) is 4.31 Å². The monoisotopic (exact) mass is 208 g/mol. The first-order chi connectivity index (χ1) is 5.87. The van der Waals surface area contributed by atoms with Gasteiger partial charge in [0.2, 0.25) is 10.0 Å². The highest BCUT2D eigenvalue weighted by Gasteiger charge is 2.33. The van der Waals surface area contributed by atoms with E-state index in [-0.39, 0.29) is 0 Å². The van der Waals surface area contributed by atoms with Crippen LogP contribution in [0, 0.1) is 0 Å². The Labute approximate surface area is 78.9 Å². The van der Waals surface area contributed by atoms with Crippen molar-refractivity contribution < 1.29 is 13.2 Å². The van der Waals surface area contributed by atoms with E-state index in [1.807, 2.05) is 0 Å². The molecule has 0 radical (unpaired) electrons. The Morgan fingerprint density at radius 1 is 1.38 bits per heavy atom. The van der Waals surface area contributed by atoms with Gasteiger partial charge in [-0.25, -0.2) is 12.7 Å². The molecule has 0 aromatic rings. The normalized spacial score (nSPS) is 24.5. The summed E-state index contributed by atoms with van der Waals surface area (Å²) < 4.78 is 28.8. The number of methoxy groups -OCH3 is 1. The average Bonchev–Trinajstić information content (AvgIpc) is 2.04. The molecule has 0 bridgehead atoms. The van der Waals surface area contributed by atoms with Crippen molar-refractivity contribution in [3.05, 3.63) is 0 Å². The highest BCUT2D eigenvalue weighted by molar-refractivity contribution is 7.88. The summed E-state index contributed by atoms with van der Waals surface area (Å²) >= 11 is 0. The SMILES string of the molecule is COC1(N)CCN(S(C)(=O)=O)CC1. The van der Waals surface area contributed by atoms with Crippen molar-refractivity contribution in [3.63, 3.8) is 0 Å². The fourth-order valence-corrected chi connectivity index (χ4v) is 2.25. The van der Waals surface area contributed by atoms with E-state index in [4.69, 9.17) is 10.5 Å². The first kappa shape index (κ1) is 10.9. The number of ether oxygens (including phenoxy) is 1. The van der Waals surface area contributed by atoms with Crippen molar-refractivity contribution in [1.29, 1.82) is 0 Å². The van der Waals surface area contributed by atoms with E-state index in [1.54, 1.807) is 7.11 Å². The van der Waals surface area contributed by atoms with Crippen LogP contribution < -0.4 is 5.73 Å². The maximum Gasteiger partial charge on any atom is 0.211 e. The second kappa shape index (κ2) is 3.53. The van der Waals surface area contributed by atoms with E-state index in [0.29, 0.717) is 25.9 Å². The van der Waals surface area contributed by atoms with E-state index in [1.165, 1.54) is 10.6 Å². The zero-order valence-corrected chi connectivity index (χ0v) is 8.80. The smallest absolute Gasteiger partial charge is 0.211 e. The lowest BCUT2D eigenvalue weighted by molar-refractivity contribution is -0.0401. The molecule has 1 heterocycles. The highest BCUT2D eigenvalue weighted by Crippen LogP contribution is 2.21. The molecule has 6 heteroatoms. The van der Waals surface area contributed by atoms with Gasteiger partial charge in [0.05, 0.1) is 6.26 Å². The van der Waals surface area contributed by atoms with Gasteiger partial charge in [-0.2, -0.15) is 0 Å². The summed E-state index contributed by atoms with van der Waals surface area (Å²) in [6.45, 7) is 0.895. The molecule has 1 saturated heterocycles. The minimum absolute atomic E-state index is 0.448. The van der Waals surface area contributed by atoms with Crippen LogP contribution in [0.15, 0.2) is 0 Å². The number of hydrogen-bond donors (Lipinski definition) is 1. The third-order valence-corrected chi connectivity index (χ3v) is 3.75. The minimum atomic E-state index is -3.06. The third-order valence-electron chi connectivity index (χ3n) is 2.44. The molecule has 1 aliphatic rings. The molecule has 0 unspecified atom stereocenters. The molecule has 0 saturated carbocycles. The van der Waals surface area contributed by atoms with E-state index in [2.05, 4.69) is 0 Å². The number of piperidine rings is 1. The van der Waals surface area contributed by atoms with Crippen molar-refractivity contribution >= 4 is 10.0 Å². The van der Waals surface area contributed by atoms with Gasteiger partial charge in [-0.15, -0.1) is 0 Å². The van der Waals surface area contributed by atoms with E-state index in [9.17, 15) is 8.42 Å². The lowest BCUT2D eigenvalue weighted by atomic mass is 10.0. The van der Waals surface area contributed by atoms with Crippen molar-refractivity contribution in [2.24, 2.45) is 5.73 Å². The highest BCUT2D eigenvalue weighted by atomic mass is 32.2. The Hall–Kier alpha value is -0.170. The van der Waals surface area contributed by atoms with Crippen LogP contribution in [0.2, 0.25) is 0 Å². The van der Waals surface area contributed by atoms with Gasteiger partial charge in [-0.3, -0.25) is 0 Å². The summed E-state index contributed by atoms with van der Waals surface area (Å²) in [5, 5.41) is 0. The first-order valence-electron chi connectivity index (χ1n) is 4.16. The number of rotatable bonds is 2. The molecule has 1 aliphatic heterocycles. The predicted molar refractivity (Wildman–Crippen MR) is 49.6 cm³/mol. The van der Waals surface area contributed by atoms with Gasteiger partial charge < -0.3 is 10.5 Å². The Bertz CT molecular complexity index is 267. The number of hydrogen-bond acceptors (Lipinski definition) is 4. The Kier molecular flexibility index (Phi) is 2.96. The maximum absolute atomic E-state index is 11.1. The summed E-state index contributed by atoms with van der Waals surface area (Å²) in [6.07, 6.45) is 2.32. The Morgan fingerprint density at radius 2 is 1.85 bits per heavy atom. The molecule has 1 rings (SSSR count). The maximum atomic E-state index is 11.1. The Balaban J connectivity index is 2.58. The zero-order valence-electron chi connectivity index (χ0n) is 7.99. The summed E-state index contributed by atoms with van der Waals surface area (Å²) in [5.74, 6) is 0. The van der Waals surface area contributed by atoms with Gasteiger partial charge in [-0.1, -0.05) is 0 Å². The number of nitrogens with two attached hydrogens (primary N) is 1. The van der Waals surface area contributed by atoms with Gasteiger partial charge in [0.15, 0.2) is 0 Å². The van der Waals surface area contributed by atoms with Crippen LogP contribution in [0.4, 0.5) is 0 Å². The average molecular weight is 208 g/mol. The van der Waals surface area contributed by atoms with Crippen molar-refractivity contribution in [2.75, 3.05) is 26.5 Å². The lowest BCUT2D eigenvalue weighted by Gasteiger charge is -2.36. The van der Waals surface area contributed by atoms with Crippen molar-refractivity contribution in [2.45, 2.75) is 18.6 Å². The molecule has 0 amide bonds. The van der Waals surface area contributed by atoms with Gasteiger partial charge in [0, 0.05) is 33.0 Å². The van der Waals surface area contributed by atoms with Crippen LogP contribution in [0.5, 0.6) is 0 Å². The molecule has 0 aromatic carbocycles. The Morgan fingerprint density at radius 3 is 2.15 bits per heavy atom. The quantitative estimate of drug-likeness (QED) is 0.612. The third kappa shape index (κ3) is 2.63. The molecule has 0 spiro atoms. The lowest BCUT2D eigenvalue weighted by Crippen LogP contribution is -2.52. The van der Waals surface area contributed by atoms with Gasteiger partial charge in [0.25, 0.3) is 0 Å². The van der Waals surface area contributed by atoms with Crippen LogP contribution in [-0.2, 0) is 14.8 Å². The van der Waals surface area contributed by atoms with Crippen LogP contribution in [0.25, 0.3) is 0 Å². The molecule has 13 heavy (non-hydrogen) atoms. The predicted octanol–water partition coefficient (Wildman–Crippen LogP) is -0.657. The fourth-order valence-electron chi connectivity index (χ4n) is 1.40. The summed E-state index contributed by atoms with van der Waals surface area (Å²) in [7, 11) is -1.51. The van der Waals surface area contributed by atoms with Crippen LogP contribution >= 0.6 is 0 Å². The molecule has 0 atom stereocenters. The summed E-state index contributed by atoms with van der Waals surface area (Å²) in [4.78, 5) is 0. The second-order valence-corrected chi connectivity index (χ2v) is 5.41. The van der Waals surface area contributed by atoms with Crippen LogP contribution in [-0.4, -0.2) is 44.9 Å². The zero-order chi connectivity index (χ0) is 10.1. The van der Waals surface area contributed by atoms with Gasteiger partial charge in [-0.05, 0) is 0 Å². The van der Waals surface area contributed by atoms with E-state index < -0.39 is 15.7 Å². The van der Waals surface area contributed by atoms with Crippen LogP contribution in [0.3, 0.4) is 0 Å². The molecule has 5 nitrogen and oxygen atoms in total. The molecule has 0 aliphatic carbocycles. The number of sulfonamides is 1. The molecule has 1 fully saturated rings. The van der Waals surface area contributed by atoms with Crippen LogP contribution in [0.1, 0.15) is 12.8 Å². The fraction of sp³-hybridized carbons (Fsp3) is 1.00. The molecule has 78 valence electrons. The standard InChI is InChI=1S/C7H16N2O3S/c1-12-7(8)3-5-9(6-4-7)13(2,10)11/h3-6,8H2,1-2H3. The van der Waals surface area contributed by atoms with E-state index >= 15 is 0 Å². The summed E-state index contributed by atoms with van der Waals surface area (Å²) in [6, 6.07) is 0. The van der Waals surface area contributed by atoms with Gasteiger partial charge in [0.1, 0.15) is 5.72 Å². The summed E-state index contributed by atoms with van der Waals surface area (Å²) in [5.41, 5.74) is 5.18. The van der Waals surface area contributed by atoms with Crippen molar-refractivity contribution in [3.8, 4) is 0 Å². The molecular weight excluding hydrogens is 192 g/mol.